The van der Waals surface area contributed by atoms with Gasteiger partial charge in [-0.1, -0.05) is 0 Å². The maximum absolute atomic E-state index is 13.1. The Labute approximate surface area is 180 Å². The van der Waals surface area contributed by atoms with Crippen molar-refractivity contribution in [1.29, 1.82) is 0 Å². The Morgan fingerprint density at radius 1 is 1.28 bits per heavy atom. The van der Waals surface area contributed by atoms with E-state index >= 15 is 0 Å². The van der Waals surface area contributed by atoms with Crippen molar-refractivity contribution < 1.29 is 50.5 Å². The molecule has 1 aliphatic heterocycles. The van der Waals surface area contributed by atoms with E-state index in [2.05, 4.69) is 4.74 Å². The smallest absolute Gasteiger partial charge is 0.410 e. The van der Waals surface area contributed by atoms with E-state index in [0.717, 1.165) is 0 Å². The number of nitrogens with zero attached hydrogens (tertiary/aromatic N) is 2. The van der Waals surface area contributed by atoms with Gasteiger partial charge < -0.3 is 19.1 Å². The van der Waals surface area contributed by atoms with E-state index < -0.39 is 44.9 Å². The summed E-state index contributed by atoms with van der Waals surface area (Å²) in [6, 6.07) is 4.04. The first-order valence-electron chi connectivity index (χ1n) is 9.10. The highest BCUT2D eigenvalue weighted by molar-refractivity contribution is 7.86. The van der Waals surface area contributed by atoms with Gasteiger partial charge in [-0.3, -0.25) is 19.5 Å². The molecule has 1 aromatic carbocycles. The highest BCUT2D eigenvalue weighted by atomic mass is 32.2. The molecule has 0 bridgehead atoms. The van der Waals surface area contributed by atoms with Crippen molar-refractivity contribution >= 4 is 27.9 Å². The van der Waals surface area contributed by atoms with Crippen molar-refractivity contribution in [3.63, 3.8) is 0 Å². The van der Waals surface area contributed by atoms with Crippen LogP contribution in [-0.4, -0.2) is 66.9 Å². The van der Waals surface area contributed by atoms with Crippen LogP contribution >= 0.6 is 0 Å². The van der Waals surface area contributed by atoms with Crippen LogP contribution in [0.3, 0.4) is 0 Å². The number of carbonyl (C=O) groups is 2. The van der Waals surface area contributed by atoms with E-state index in [-0.39, 0.29) is 49.5 Å². The van der Waals surface area contributed by atoms with Crippen LogP contribution in [0.2, 0.25) is 0 Å². The van der Waals surface area contributed by atoms with Gasteiger partial charge >= 0.3 is 27.4 Å². The average Bonchev–Trinajstić information content (AvgIpc) is 2.74. The number of benzene rings is 1. The van der Waals surface area contributed by atoms with Gasteiger partial charge in [-0.25, -0.2) is 4.79 Å². The van der Waals surface area contributed by atoms with Crippen molar-refractivity contribution in [2.24, 2.45) is 5.92 Å². The summed E-state index contributed by atoms with van der Waals surface area (Å²) >= 11 is 0. The predicted molar refractivity (Wildman–Crippen MR) is 102 cm³/mol. The molecule has 1 aromatic rings. The molecule has 0 unspecified atom stereocenters. The van der Waals surface area contributed by atoms with Gasteiger partial charge in [0.15, 0.2) is 6.61 Å². The summed E-state index contributed by atoms with van der Waals surface area (Å²) in [6.07, 6.45) is -0.720. The number of likely N-dealkylation sites (tertiary alicyclic amines) is 1. The minimum Gasteiger partial charge on any atom is -0.497 e. The van der Waals surface area contributed by atoms with Gasteiger partial charge in [0.1, 0.15) is 12.4 Å². The van der Waals surface area contributed by atoms with Crippen LogP contribution in [-0.2, 0) is 31.0 Å². The number of ether oxygens (including phenoxy) is 3. The second-order valence-corrected chi connectivity index (χ2v) is 8.34. The first-order chi connectivity index (χ1) is 14.9. The van der Waals surface area contributed by atoms with Crippen LogP contribution in [0.15, 0.2) is 18.2 Å². The van der Waals surface area contributed by atoms with Crippen molar-refractivity contribution in [3.8, 4) is 5.75 Å². The molecule has 2 rings (SSSR count). The van der Waals surface area contributed by atoms with E-state index in [1.54, 1.807) is 0 Å². The van der Waals surface area contributed by atoms with E-state index in [9.17, 15) is 36.9 Å². The Bertz CT molecular complexity index is 978. The number of rotatable bonds is 8. The molecule has 1 amide bonds. The Kier molecular flexibility index (Phi) is 7.90. The van der Waals surface area contributed by atoms with Gasteiger partial charge in [-0.15, -0.1) is 0 Å². The van der Waals surface area contributed by atoms with Crippen LogP contribution in [0.25, 0.3) is 0 Å². The van der Waals surface area contributed by atoms with E-state index in [0.29, 0.717) is 0 Å². The van der Waals surface area contributed by atoms with E-state index in [1.165, 1.54) is 30.2 Å². The molecule has 32 heavy (non-hydrogen) atoms. The summed E-state index contributed by atoms with van der Waals surface area (Å²) in [5, 5.41) is 6.54. The molecule has 0 aromatic heterocycles. The maximum Gasteiger partial charge on any atom is 0.410 e. The lowest BCUT2D eigenvalue weighted by Crippen LogP contribution is -2.42. The maximum atomic E-state index is 13.1. The number of carbonyl (C=O) groups excluding carboxylic acids is 2. The molecule has 12 nitrogen and oxygen atoms in total. The van der Waals surface area contributed by atoms with Crippen LogP contribution in [0.1, 0.15) is 18.4 Å². The lowest BCUT2D eigenvalue weighted by Gasteiger charge is -2.30. The number of esters is 1. The lowest BCUT2D eigenvalue weighted by atomic mass is 9.97. The van der Waals surface area contributed by atoms with Gasteiger partial charge in [0, 0.05) is 13.1 Å². The summed E-state index contributed by atoms with van der Waals surface area (Å²) in [5.74, 6) is -1.69. The third-order valence-electron chi connectivity index (χ3n) is 4.69. The molecule has 15 heteroatoms. The molecular formula is C17H20F2N2O10S. The summed E-state index contributed by atoms with van der Waals surface area (Å²) in [6.45, 7) is -2.19. The van der Waals surface area contributed by atoms with Crippen molar-refractivity contribution in [1.82, 2.24) is 4.90 Å². The van der Waals surface area contributed by atoms with Crippen LogP contribution in [0.4, 0.5) is 19.3 Å². The third kappa shape index (κ3) is 6.23. The number of hydrogen-bond acceptors (Lipinski definition) is 9. The molecule has 1 aliphatic rings. The fourth-order valence-electron chi connectivity index (χ4n) is 2.84. The SMILES string of the molecule is COc1ccc(COC(=O)N2CCC(C(=O)OCC(F)(F)S(=O)(=O)O)CC2)c([N+](=O)[O-])c1. The highest BCUT2D eigenvalue weighted by Crippen LogP contribution is 2.26. The van der Waals surface area contributed by atoms with E-state index in [4.69, 9.17) is 14.0 Å². The summed E-state index contributed by atoms with van der Waals surface area (Å²) < 4.78 is 70.0. The molecule has 1 heterocycles. The number of nitro groups is 1. The second-order valence-electron chi connectivity index (χ2n) is 6.79. The Morgan fingerprint density at radius 3 is 2.44 bits per heavy atom. The summed E-state index contributed by atoms with van der Waals surface area (Å²) in [7, 11) is -4.37. The first kappa shape index (κ1) is 25.2. The largest absolute Gasteiger partial charge is 0.497 e. The molecule has 0 spiro atoms. The molecule has 1 fully saturated rings. The normalized spacial score (nSPS) is 15.2. The number of hydrogen-bond donors (Lipinski definition) is 1. The fraction of sp³-hybridized carbons (Fsp3) is 0.529. The van der Waals surface area contributed by atoms with Gasteiger partial charge in [0.2, 0.25) is 0 Å². The minimum absolute atomic E-state index is 0.0119. The van der Waals surface area contributed by atoms with Crippen LogP contribution in [0, 0.1) is 16.0 Å². The quantitative estimate of drug-likeness (QED) is 0.251. The zero-order valence-corrected chi connectivity index (χ0v) is 17.5. The molecular weight excluding hydrogens is 462 g/mol. The monoisotopic (exact) mass is 482 g/mol. The third-order valence-corrected chi connectivity index (χ3v) is 5.56. The predicted octanol–water partition coefficient (Wildman–Crippen LogP) is 1.98. The number of amides is 1. The fourth-order valence-corrected chi connectivity index (χ4v) is 3.05. The number of nitro benzene ring substituents is 1. The van der Waals surface area contributed by atoms with Crippen molar-refractivity contribution in [2.45, 2.75) is 24.7 Å². The Morgan fingerprint density at radius 2 is 1.91 bits per heavy atom. The van der Waals surface area contributed by atoms with E-state index in [1.807, 2.05) is 0 Å². The Hall–Kier alpha value is -3.07. The van der Waals surface area contributed by atoms with Gasteiger partial charge in [0.05, 0.1) is 29.6 Å². The van der Waals surface area contributed by atoms with Crippen molar-refractivity contribution in [3.05, 3.63) is 33.9 Å². The molecule has 1 saturated heterocycles. The second kappa shape index (κ2) is 10.0. The van der Waals surface area contributed by atoms with Crippen molar-refractivity contribution in [2.75, 3.05) is 26.8 Å². The average molecular weight is 482 g/mol. The number of piperidine rings is 1. The van der Waals surface area contributed by atoms with Gasteiger partial charge in [0.25, 0.3) is 5.69 Å². The van der Waals surface area contributed by atoms with Gasteiger partial charge in [-0.05, 0) is 25.0 Å². The number of methoxy groups -OCH3 is 1. The zero-order valence-electron chi connectivity index (χ0n) is 16.7. The molecule has 0 aliphatic carbocycles. The van der Waals surface area contributed by atoms with Gasteiger partial charge in [-0.2, -0.15) is 17.2 Å². The topological polar surface area (TPSA) is 163 Å². The molecule has 178 valence electrons. The lowest BCUT2D eigenvalue weighted by molar-refractivity contribution is -0.385. The number of alkyl halides is 2. The highest BCUT2D eigenvalue weighted by Gasteiger charge is 2.46. The standard InChI is InChI=1S/C17H20F2N2O10S/c1-29-13-3-2-12(14(8-13)21(24)25)9-30-16(23)20-6-4-11(5-7-20)15(22)31-10-17(18,19)32(26,27)28/h2-3,8,11H,4-7,9-10H2,1H3,(H,26,27,28). The van der Waals surface area contributed by atoms with Crippen LogP contribution < -0.4 is 4.74 Å². The molecule has 0 saturated carbocycles. The number of halogens is 2. The minimum atomic E-state index is -5.72. The molecule has 0 atom stereocenters. The van der Waals surface area contributed by atoms with Crippen LogP contribution in [0.5, 0.6) is 5.75 Å². The summed E-state index contributed by atoms with van der Waals surface area (Å²) in [4.78, 5) is 35.8. The molecule has 1 N–H and O–H groups in total. The zero-order chi connectivity index (χ0) is 24.1. The Balaban J connectivity index is 1.85. The first-order valence-corrected chi connectivity index (χ1v) is 10.5. The summed E-state index contributed by atoms with van der Waals surface area (Å²) in [5.41, 5.74) is -0.150. The molecule has 0 radical (unpaired) electrons.